The standard InChI is InChI=1S/C13H24N2O2/c1-10-6-12(9-17-10)13(16)15(2)8-11-4-3-5-14-7-11/h10-12,14H,3-9H2,1-2H3. The number of carbonyl (C=O) groups excluding carboxylic acids is 1. The predicted octanol–water partition coefficient (Wildman–Crippen LogP) is 0.869. The van der Waals surface area contributed by atoms with Crippen LogP contribution in [0.25, 0.3) is 0 Å². The minimum atomic E-state index is 0.0894. The second-order valence-electron chi connectivity index (χ2n) is 5.51. The zero-order valence-electron chi connectivity index (χ0n) is 10.9. The predicted molar refractivity (Wildman–Crippen MR) is 66.8 cm³/mol. The molecule has 98 valence electrons. The molecular weight excluding hydrogens is 216 g/mol. The summed E-state index contributed by atoms with van der Waals surface area (Å²) in [5.41, 5.74) is 0. The number of hydrogen-bond donors (Lipinski definition) is 1. The highest BCUT2D eigenvalue weighted by Crippen LogP contribution is 2.21. The van der Waals surface area contributed by atoms with Gasteiger partial charge in [-0.2, -0.15) is 0 Å². The Bertz CT molecular complexity index is 264. The highest BCUT2D eigenvalue weighted by Gasteiger charge is 2.31. The van der Waals surface area contributed by atoms with Crippen LogP contribution in [0.4, 0.5) is 0 Å². The first-order valence-corrected chi connectivity index (χ1v) is 6.74. The maximum absolute atomic E-state index is 12.2. The maximum atomic E-state index is 12.2. The van der Waals surface area contributed by atoms with Crippen molar-refractivity contribution in [1.29, 1.82) is 0 Å². The summed E-state index contributed by atoms with van der Waals surface area (Å²) in [6, 6.07) is 0. The van der Waals surface area contributed by atoms with Gasteiger partial charge in [-0.15, -0.1) is 0 Å². The summed E-state index contributed by atoms with van der Waals surface area (Å²) >= 11 is 0. The number of amides is 1. The lowest BCUT2D eigenvalue weighted by atomic mass is 9.98. The molecular formula is C13H24N2O2. The van der Waals surface area contributed by atoms with Gasteiger partial charge in [0, 0.05) is 13.6 Å². The summed E-state index contributed by atoms with van der Waals surface area (Å²) in [5, 5.41) is 3.39. The van der Waals surface area contributed by atoms with Gasteiger partial charge in [0.2, 0.25) is 5.91 Å². The largest absolute Gasteiger partial charge is 0.378 e. The van der Waals surface area contributed by atoms with Crippen LogP contribution in [0.3, 0.4) is 0 Å². The zero-order valence-corrected chi connectivity index (χ0v) is 10.9. The number of piperidine rings is 1. The van der Waals surface area contributed by atoms with E-state index in [2.05, 4.69) is 5.32 Å². The second-order valence-corrected chi connectivity index (χ2v) is 5.51. The molecule has 4 heteroatoms. The van der Waals surface area contributed by atoms with Crippen LogP contribution >= 0.6 is 0 Å². The third-order valence-electron chi connectivity index (χ3n) is 3.85. The molecule has 0 radical (unpaired) electrons. The highest BCUT2D eigenvalue weighted by atomic mass is 16.5. The summed E-state index contributed by atoms with van der Waals surface area (Å²) in [6.07, 6.45) is 3.60. The number of ether oxygens (including phenoxy) is 1. The molecule has 0 bridgehead atoms. The average Bonchev–Trinajstić information content (AvgIpc) is 2.76. The summed E-state index contributed by atoms with van der Waals surface area (Å²) in [7, 11) is 1.93. The van der Waals surface area contributed by atoms with E-state index in [1.165, 1.54) is 12.8 Å². The van der Waals surface area contributed by atoms with Crippen LogP contribution in [0.2, 0.25) is 0 Å². The van der Waals surface area contributed by atoms with Crippen LogP contribution in [-0.4, -0.2) is 50.2 Å². The minimum absolute atomic E-state index is 0.0894. The first kappa shape index (κ1) is 12.8. The van der Waals surface area contributed by atoms with E-state index in [4.69, 9.17) is 4.74 Å². The molecule has 4 nitrogen and oxygen atoms in total. The molecule has 2 saturated heterocycles. The molecule has 1 N–H and O–H groups in total. The van der Waals surface area contributed by atoms with E-state index in [-0.39, 0.29) is 17.9 Å². The van der Waals surface area contributed by atoms with Gasteiger partial charge in [-0.3, -0.25) is 4.79 Å². The second kappa shape index (κ2) is 5.83. The number of nitrogens with one attached hydrogen (secondary N) is 1. The van der Waals surface area contributed by atoms with Gasteiger partial charge in [0.05, 0.1) is 18.6 Å². The van der Waals surface area contributed by atoms with E-state index in [9.17, 15) is 4.79 Å². The Kier molecular flexibility index (Phi) is 4.40. The summed E-state index contributed by atoms with van der Waals surface area (Å²) in [5.74, 6) is 0.976. The van der Waals surface area contributed by atoms with Crippen molar-refractivity contribution in [2.24, 2.45) is 11.8 Å². The molecule has 2 heterocycles. The Hall–Kier alpha value is -0.610. The molecule has 0 aliphatic carbocycles. The van der Waals surface area contributed by atoms with Gasteiger partial charge in [0.1, 0.15) is 0 Å². The van der Waals surface area contributed by atoms with Crippen molar-refractivity contribution >= 4 is 5.91 Å². The van der Waals surface area contributed by atoms with Crippen LogP contribution in [-0.2, 0) is 9.53 Å². The molecule has 0 aromatic heterocycles. The third kappa shape index (κ3) is 3.42. The molecule has 3 unspecified atom stereocenters. The lowest BCUT2D eigenvalue weighted by Gasteiger charge is -2.28. The van der Waals surface area contributed by atoms with Gasteiger partial charge >= 0.3 is 0 Å². The molecule has 17 heavy (non-hydrogen) atoms. The molecule has 0 spiro atoms. The fourth-order valence-corrected chi connectivity index (χ4v) is 2.86. The van der Waals surface area contributed by atoms with Crippen molar-refractivity contribution in [2.75, 3.05) is 33.3 Å². The molecule has 2 fully saturated rings. The van der Waals surface area contributed by atoms with Crippen molar-refractivity contribution in [3.05, 3.63) is 0 Å². The van der Waals surface area contributed by atoms with Gasteiger partial charge in [-0.05, 0) is 45.2 Å². The van der Waals surface area contributed by atoms with Crippen molar-refractivity contribution < 1.29 is 9.53 Å². The van der Waals surface area contributed by atoms with Gasteiger partial charge in [0.15, 0.2) is 0 Å². The highest BCUT2D eigenvalue weighted by molar-refractivity contribution is 5.79. The molecule has 0 aromatic rings. The van der Waals surface area contributed by atoms with Gasteiger partial charge < -0.3 is 15.0 Å². The first-order chi connectivity index (χ1) is 8.16. The van der Waals surface area contributed by atoms with E-state index in [0.29, 0.717) is 12.5 Å². The topological polar surface area (TPSA) is 41.6 Å². The molecule has 1 amide bonds. The van der Waals surface area contributed by atoms with Crippen molar-refractivity contribution in [3.8, 4) is 0 Å². The van der Waals surface area contributed by atoms with Gasteiger partial charge in [-0.25, -0.2) is 0 Å². The fourth-order valence-electron chi connectivity index (χ4n) is 2.86. The van der Waals surface area contributed by atoms with E-state index < -0.39 is 0 Å². The number of carbonyl (C=O) groups is 1. The number of nitrogens with zero attached hydrogens (tertiary/aromatic N) is 1. The monoisotopic (exact) mass is 240 g/mol. The Morgan fingerprint density at radius 3 is 2.94 bits per heavy atom. The normalized spacial score (nSPS) is 33.6. The summed E-state index contributed by atoms with van der Waals surface area (Å²) in [4.78, 5) is 14.1. The van der Waals surface area contributed by atoms with E-state index in [1.54, 1.807) is 0 Å². The van der Waals surface area contributed by atoms with E-state index >= 15 is 0 Å². The molecule has 2 aliphatic heterocycles. The third-order valence-corrected chi connectivity index (χ3v) is 3.85. The number of rotatable bonds is 3. The molecule has 2 rings (SSSR count). The minimum Gasteiger partial charge on any atom is -0.378 e. The summed E-state index contributed by atoms with van der Waals surface area (Å²) < 4.78 is 5.47. The first-order valence-electron chi connectivity index (χ1n) is 6.74. The average molecular weight is 240 g/mol. The van der Waals surface area contributed by atoms with Crippen LogP contribution in [0.5, 0.6) is 0 Å². The number of hydrogen-bond acceptors (Lipinski definition) is 3. The molecule has 0 saturated carbocycles. The molecule has 3 atom stereocenters. The van der Waals surface area contributed by atoms with Crippen molar-refractivity contribution in [1.82, 2.24) is 10.2 Å². The van der Waals surface area contributed by atoms with E-state index in [0.717, 1.165) is 26.1 Å². The van der Waals surface area contributed by atoms with Crippen LogP contribution in [0.1, 0.15) is 26.2 Å². The fraction of sp³-hybridized carbons (Fsp3) is 0.923. The lowest BCUT2D eigenvalue weighted by molar-refractivity contribution is -0.134. The Labute approximate surface area is 104 Å². The zero-order chi connectivity index (χ0) is 12.3. The Balaban J connectivity index is 1.78. The van der Waals surface area contributed by atoms with Gasteiger partial charge in [0.25, 0.3) is 0 Å². The SMILES string of the molecule is CC1CC(C(=O)N(C)CC2CCCNC2)CO1. The lowest BCUT2D eigenvalue weighted by Crippen LogP contribution is -2.41. The maximum Gasteiger partial charge on any atom is 0.227 e. The van der Waals surface area contributed by atoms with Gasteiger partial charge in [-0.1, -0.05) is 0 Å². The van der Waals surface area contributed by atoms with Crippen LogP contribution < -0.4 is 5.32 Å². The molecule has 2 aliphatic rings. The van der Waals surface area contributed by atoms with Crippen molar-refractivity contribution in [3.63, 3.8) is 0 Å². The Morgan fingerprint density at radius 1 is 1.53 bits per heavy atom. The quantitative estimate of drug-likeness (QED) is 0.796. The van der Waals surface area contributed by atoms with E-state index in [1.807, 2.05) is 18.9 Å². The Morgan fingerprint density at radius 2 is 2.35 bits per heavy atom. The van der Waals surface area contributed by atoms with Crippen LogP contribution in [0, 0.1) is 11.8 Å². The molecule has 0 aromatic carbocycles. The summed E-state index contributed by atoms with van der Waals surface area (Å²) in [6.45, 7) is 5.71. The van der Waals surface area contributed by atoms with Crippen molar-refractivity contribution in [2.45, 2.75) is 32.3 Å². The van der Waals surface area contributed by atoms with Crippen LogP contribution in [0.15, 0.2) is 0 Å². The smallest absolute Gasteiger partial charge is 0.227 e.